The highest BCUT2D eigenvalue weighted by Gasteiger charge is 2.24. The van der Waals surface area contributed by atoms with Gasteiger partial charge in [-0.25, -0.2) is 8.78 Å². The Kier molecular flexibility index (Phi) is 4.36. The molecule has 0 saturated carbocycles. The van der Waals surface area contributed by atoms with Crippen molar-refractivity contribution in [1.82, 2.24) is 4.37 Å². The van der Waals surface area contributed by atoms with Crippen LogP contribution in [-0.2, 0) is 6.61 Å². The first-order valence-electron chi connectivity index (χ1n) is 5.97. The van der Waals surface area contributed by atoms with Crippen LogP contribution in [0.1, 0.15) is 31.2 Å². The maximum atomic E-state index is 13.7. The third-order valence-corrected chi connectivity index (χ3v) is 3.67. The van der Waals surface area contributed by atoms with E-state index in [1.54, 1.807) is 0 Å². The van der Waals surface area contributed by atoms with Crippen LogP contribution in [0.15, 0.2) is 12.1 Å². The molecule has 1 aromatic heterocycles. The van der Waals surface area contributed by atoms with E-state index in [9.17, 15) is 18.4 Å². The first-order valence-corrected chi connectivity index (χ1v) is 6.75. The average Bonchev–Trinajstić information content (AvgIpc) is 2.85. The highest BCUT2D eigenvalue weighted by Crippen LogP contribution is 2.26. The van der Waals surface area contributed by atoms with E-state index in [0.29, 0.717) is 11.5 Å². The van der Waals surface area contributed by atoms with E-state index in [1.165, 1.54) is 6.92 Å². The van der Waals surface area contributed by atoms with Crippen LogP contribution < -0.4 is 16.2 Å². The number of nitrogens with two attached hydrogens (primary N) is 2. The molecule has 0 spiro atoms. The fourth-order valence-corrected chi connectivity index (χ4v) is 2.39. The van der Waals surface area contributed by atoms with Gasteiger partial charge in [-0.1, -0.05) is 0 Å². The smallest absolute Gasteiger partial charge is 0.261 e. The molecule has 0 atom stereocenters. The van der Waals surface area contributed by atoms with Gasteiger partial charge in [0.2, 0.25) is 5.88 Å². The van der Waals surface area contributed by atoms with E-state index in [1.807, 2.05) is 0 Å². The number of hydrogen-bond acceptors (Lipinski definition) is 5. The quantitative estimate of drug-likeness (QED) is 0.867. The Morgan fingerprint density at radius 3 is 2.50 bits per heavy atom. The predicted octanol–water partition coefficient (Wildman–Crippen LogP) is 1.51. The van der Waals surface area contributed by atoms with Crippen LogP contribution in [0, 0.1) is 18.6 Å². The molecule has 0 saturated heterocycles. The number of halogens is 2. The van der Waals surface area contributed by atoms with Gasteiger partial charge in [0, 0.05) is 5.56 Å². The Balaban J connectivity index is 2.28. The zero-order chi connectivity index (χ0) is 16.4. The number of nitrogens with zero attached hydrogens (tertiary/aromatic N) is 1. The molecule has 22 heavy (non-hydrogen) atoms. The van der Waals surface area contributed by atoms with Crippen molar-refractivity contribution in [1.29, 1.82) is 0 Å². The van der Waals surface area contributed by atoms with Crippen LogP contribution >= 0.6 is 11.5 Å². The van der Waals surface area contributed by atoms with E-state index >= 15 is 0 Å². The van der Waals surface area contributed by atoms with Crippen molar-refractivity contribution in [2.75, 3.05) is 0 Å². The van der Waals surface area contributed by atoms with Crippen molar-refractivity contribution in [2.45, 2.75) is 13.5 Å². The first-order chi connectivity index (χ1) is 10.3. The van der Waals surface area contributed by atoms with Crippen LogP contribution in [0.2, 0.25) is 0 Å². The minimum Gasteiger partial charge on any atom is -0.471 e. The highest BCUT2D eigenvalue weighted by atomic mass is 32.1. The van der Waals surface area contributed by atoms with Crippen molar-refractivity contribution in [3.8, 4) is 5.88 Å². The van der Waals surface area contributed by atoms with E-state index in [2.05, 4.69) is 4.37 Å². The molecular weight excluding hydrogens is 316 g/mol. The van der Waals surface area contributed by atoms with Gasteiger partial charge >= 0.3 is 0 Å². The van der Waals surface area contributed by atoms with Crippen molar-refractivity contribution in [3.05, 3.63) is 45.3 Å². The minimum absolute atomic E-state index is 0.0628. The summed E-state index contributed by atoms with van der Waals surface area (Å²) in [6, 6.07) is 2.01. The number of hydrogen-bond donors (Lipinski definition) is 2. The van der Waals surface area contributed by atoms with Crippen molar-refractivity contribution >= 4 is 23.3 Å². The van der Waals surface area contributed by atoms with Gasteiger partial charge in [-0.15, -0.1) is 0 Å². The number of benzene rings is 1. The lowest BCUT2D eigenvalue weighted by Crippen LogP contribution is -2.19. The normalized spacial score (nSPS) is 10.5. The van der Waals surface area contributed by atoms with Crippen LogP contribution in [0.25, 0.3) is 0 Å². The molecule has 0 radical (unpaired) electrons. The van der Waals surface area contributed by atoms with Crippen LogP contribution in [0.4, 0.5) is 8.78 Å². The molecule has 6 nitrogen and oxygen atoms in total. The van der Waals surface area contributed by atoms with Gasteiger partial charge in [0.15, 0.2) is 0 Å². The van der Waals surface area contributed by atoms with E-state index < -0.39 is 23.4 Å². The van der Waals surface area contributed by atoms with Gasteiger partial charge < -0.3 is 16.2 Å². The number of ether oxygens (including phenoxy) is 1. The van der Waals surface area contributed by atoms with E-state index in [0.717, 1.165) is 12.1 Å². The topological polar surface area (TPSA) is 108 Å². The summed E-state index contributed by atoms with van der Waals surface area (Å²) in [5, 5.41) is 0. The molecule has 1 heterocycles. The minimum atomic E-state index is -0.951. The summed E-state index contributed by atoms with van der Waals surface area (Å²) in [6.45, 7) is 1.04. The zero-order valence-corrected chi connectivity index (χ0v) is 12.2. The Bertz CT molecular complexity index is 761. The van der Waals surface area contributed by atoms with Crippen molar-refractivity contribution < 1.29 is 23.1 Å². The molecule has 2 rings (SSSR count). The lowest BCUT2D eigenvalue weighted by atomic mass is 10.1. The zero-order valence-electron chi connectivity index (χ0n) is 11.4. The van der Waals surface area contributed by atoms with Crippen LogP contribution in [-0.4, -0.2) is 16.2 Å². The Hall–Kier alpha value is -2.55. The van der Waals surface area contributed by atoms with Crippen LogP contribution in [0.3, 0.4) is 0 Å². The summed E-state index contributed by atoms with van der Waals surface area (Å²) in [4.78, 5) is 22.4. The summed E-state index contributed by atoms with van der Waals surface area (Å²) in [6.07, 6.45) is 0. The Morgan fingerprint density at radius 1 is 1.23 bits per heavy atom. The molecule has 1 aromatic carbocycles. The summed E-state index contributed by atoms with van der Waals surface area (Å²) >= 11 is 0.639. The average molecular weight is 327 g/mol. The summed E-state index contributed by atoms with van der Waals surface area (Å²) in [5.74, 6) is -3.33. The largest absolute Gasteiger partial charge is 0.471 e. The fraction of sp³-hybridized carbons (Fsp3) is 0.154. The Morgan fingerprint density at radius 2 is 1.91 bits per heavy atom. The third-order valence-electron chi connectivity index (χ3n) is 2.82. The lowest BCUT2D eigenvalue weighted by molar-refractivity contribution is 0.0966. The predicted molar refractivity (Wildman–Crippen MR) is 74.6 cm³/mol. The first kappa shape index (κ1) is 15.8. The summed E-state index contributed by atoms with van der Waals surface area (Å²) < 4.78 is 36.0. The number of primary amides is 2. The number of aryl methyl sites for hydroxylation is 1. The molecule has 2 aromatic rings. The second kappa shape index (κ2) is 6.06. The Labute approximate surface area is 127 Å². The summed E-state index contributed by atoms with van der Waals surface area (Å²) in [5.41, 5.74) is 10.1. The van der Waals surface area contributed by atoms with Gasteiger partial charge in [-0.2, -0.15) is 4.37 Å². The highest BCUT2D eigenvalue weighted by molar-refractivity contribution is 7.08. The fourth-order valence-electron chi connectivity index (χ4n) is 1.70. The molecule has 0 unspecified atom stereocenters. The SMILES string of the molecule is Cc1cc(F)c(COc2nsc(C(N)=O)c2C(N)=O)cc1F. The molecule has 116 valence electrons. The summed E-state index contributed by atoms with van der Waals surface area (Å²) in [7, 11) is 0. The number of carbonyl (C=O) groups excluding carboxylic acids is 2. The maximum Gasteiger partial charge on any atom is 0.261 e. The van der Waals surface area contributed by atoms with Crippen LogP contribution in [0.5, 0.6) is 5.88 Å². The molecule has 0 aliphatic heterocycles. The molecule has 0 aliphatic carbocycles. The molecule has 9 heteroatoms. The molecule has 0 bridgehead atoms. The van der Waals surface area contributed by atoms with E-state index in [4.69, 9.17) is 16.2 Å². The standard InChI is InChI=1S/C13H11F2N3O3S/c1-5-2-8(15)6(3-7(5)14)4-21-13-9(11(16)19)10(12(17)20)22-18-13/h2-3H,4H2,1H3,(H2,16,19)(H2,17,20). The van der Waals surface area contributed by atoms with Gasteiger partial charge in [0.25, 0.3) is 11.8 Å². The number of carbonyl (C=O) groups is 2. The van der Waals surface area contributed by atoms with Gasteiger partial charge in [0.05, 0.1) is 0 Å². The monoisotopic (exact) mass is 327 g/mol. The van der Waals surface area contributed by atoms with Crippen molar-refractivity contribution in [3.63, 3.8) is 0 Å². The van der Waals surface area contributed by atoms with Gasteiger partial charge in [0.1, 0.15) is 28.7 Å². The third kappa shape index (κ3) is 3.03. The maximum absolute atomic E-state index is 13.7. The molecule has 0 fully saturated rings. The lowest BCUT2D eigenvalue weighted by Gasteiger charge is -2.07. The number of rotatable bonds is 5. The van der Waals surface area contributed by atoms with Gasteiger partial charge in [-0.05, 0) is 36.2 Å². The molecule has 4 N–H and O–H groups in total. The van der Waals surface area contributed by atoms with E-state index in [-0.39, 0.29) is 34.1 Å². The van der Waals surface area contributed by atoms with Gasteiger partial charge in [-0.3, -0.25) is 9.59 Å². The second-order valence-corrected chi connectivity index (χ2v) is 5.18. The second-order valence-electron chi connectivity index (χ2n) is 4.40. The molecule has 0 aliphatic rings. The number of aromatic nitrogens is 1. The molecular formula is C13H11F2N3O3S. The molecule has 2 amide bonds. The van der Waals surface area contributed by atoms with Crippen molar-refractivity contribution in [2.24, 2.45) is 11.5 Å². The number of amides is 2.